The van der Waals surface area contributed by atoms with Gasteiger partial charge in [-0.25, -0.2) is 9.13 Å². The molecule has 0 unspecified atom stereocenters. The Kier molecular flexibility index (Phi) is 8.44. The van der Waals surface area contributed by atoms with Crippen LogP contribution in [0, 0.1) is 5.92 Å². The number of aryl methyl sites for hydroxylation is 2. The summed E-state index contributed by atoms with van der Waals surface area (Å²) in [5.74, 6) is 2.77. The summed E-state index contributed by atoms with van der Waals surface area (Å²) in [6.07, 6.45) is 19.8. The van der Waals surface area contributed by atoms with Crippen LogP contribution in [0.15, 0.2) is 43.0 Å². The molecule has 0 N–H and O–H groups in total. The number of ether oxygens (including phenoxy) is 1. The molecule has 0 atom stereocenters. The molecule has 3 rings (SSSR count). The van der Waals surface area contributed by atoms with Gasteiger partial charge in [0.1, 0.15) is 18.1 Å². The SMILES string of the molecule is CCCCCC1CCC(c2ccc(OCCCCn3cc[n+](C)c3)cc2)CC1. The van der Waals surface area contributed by atoms with Crippen molar-refractivity contribution in [2.75, 3.05) is 6.61 Å². The van der Waals surface area contributed by atoms with Crippen LogP contribution in [0.25, 0.3) is 0 Å². The van der Waals surface area contributed by atoms with Gasteiger partial charge >= 0.3 is 0 Å². The van der Waals surface area contributed by atoms with Crippen LogP contribution in [-0.4, -0.2) is 11.2 Å². The van der Waals surface area contributed by atoms with Crippen molar-refractivity contribution in [2.24, 2.45) is 13.0 Å². The van der Waals surface area contributed by atoms with Gasteiger partial charge in [-0.15, -0.1) is 0 Å². The van der Waals surface area contributed by atoms with E-state index < -0.39 is 0 Å². The largest absolute Gasteiger partial charge is 0.494 e. The minimum atomic E-state index is 0.763. The maximum absolute atomic E-state index is 5.95. The lowest BCUT2D eigenvalue weighted by Gasteiger charge is -2.29. The Balaban J connectivity index is 1.32. The van der Waals surface area contributed by atoms with Gasteiger partial charge in [0.25, 0.3) is 0 Å². The molecular weight excluding hydrogens is 344 g/mol. The van der Waals surface area contributed by atoms with Crippen LogP contribution >= 0.6 is 0 Å². The van der Waals surface area contributed by atoms with Crippen LogP contribution in [0.1, 0.15) is 82.6 Å². The smallest absolute Gasteiger partial charge is 0.243 e. The van der Waals surface area contributed by atoms with E-state index >= 15 is 0 Å². The first-order chi connectivity index (χ1) is 13.7. The summed E-state index contributed by atoms with van der Waals surface area (Å²) in [7, 11) is 2.06. The quantitative estimate of drug-likeness (QED) is 0.342. The third kappa shape index (κ3) is 6.68. The molecule has 1 aromatic carbocycles. The minimum absolute atomic E-state index is 0.763. The highest BCUT2D eigenvalue weighted by atomic mass is 16.5. The van der Waals surface area contributed by atoms with Crippen molar-refractivity contribution in [1.29, 1.82) is 0 Å². The second-order valence-corrected chi connectivity index (χ2v) is 8.65. The van der Waals surface area contributed by atoms with Crippen LogP contribution in [0.3, 0.4) is 0 Å². The molecule has 3 heteroatoms. The summed E-state index contributed by atoms with van der Waals surface area (Å²) >= 11 is 0. The zero-order valence-corrected chi connectivity index (χ0v) is 18.0. The summed E-state index contributed by atoms with van der Waals surface area (Å²) in [4.78, 5) is 0. The van der Waals surface area contributed by atoms with Gasteiger partial charge in [-0.3, -0.25) is 0 Å². The Morgan fingerprint density at radius 2 is 1.79 bits per heavy atom. The van der Waals surface area contributed by atoms with Gasteiger partial charge in [-0.2, -0.15) is 0 Å². The fourth-order valence-corrected chi connectivity index (χ4v) is 4.52. The van der Waals surface area contributed by atoms with Crippen LogP contribution in [-0.2, 0) is 13.6 Å². The normalized spacial score (nSPS) is 19.6. The first kappa shape index (κ1) is 21.0. The lowest BCUT2D eigenvalue weighted by Crippen LogP contribution is -2.23. The maximum Gasteiger partial charge on any atom is 0.243 e. The molecule has 1 aliphatic rings. The molecule has 1 heterocycles. The molecule has 28 heavy (non-hydrogen) atoms. The van der Waals surface area contributed by atoms with E-state index in [1.165, 1.54) is 56.9 Å². The molecule has 0 radical (unpaired) electrons. The fraction of sp³-hybridized carbons (Fsp3) is 0.640. The molecule has 0 spiro atoms. The molecule has 0 bridgehead atoms. The van der Waals surface area contributed by atoms with E-state index in [4.69, 9.17) is 4.74 Å². The zero-order chi connectivity index (χ0) is 19.6. The van der Waals surface area contributed by atoms with Crippen molar-refractivity contribution in [3.63, 3.8) is 0 Å². The predicted molar refractivity (Wildman–Crippen MR) is 116 cm³/mol. The first-order valence-corrected chi connectivity index (χ1v) is 11.5. The van der Waals surface area contributed by atoms with Gasteiger partial charge < -0.3 is 4.74 Å². The molecule has 154 valence electrons. The summed E-state index contributed by atoms with van der Waals surface area (Å²) in [6, 6.07) is 8.96. The summed E-state index contributed by atoms with van der Waals surface area (Å²) < 4.78 is 10.3. The number of rotatable bonds is 11. The number of hydrogen-bond acceptors (Lipinski definition) is 1. The summed E-state index contributed by atoms with van der Waals surface area (Å²) in [6.45, 7) is 4.16. The van der Waals surface area contributed by atoms with Crippen molar-refractivity contribution in [3.05, 3.63) is 48.5 Å². The second kappa shape index (κ2) is 11.3. The van der Waals surface area contributed by atoms with Crippen LogP contribution < -0.4 is 9.30 Å². The average Bonchev–Trinajstić information content (AvgIpc) is 3.14. The maximum atomic E-state index is 5.95. The number of unbranched alkanes of at least 4 members (excludes halogenated alkanes) is 3. The number of imidazole rings is 1. The van der Waals surface area contributed by atoms with E-state index in [1.54, 1.807) is 0 Å². The number of aromatic nitrogens is 2. The second-order valence-electron chi connectivity index (χ2n) is 8.65. The molecule has 0 aliphatic heterocycles. The monoisotopic (exact) mass is 383 g/mol. The summed E-state index contributed by atoms with van der Waals surface area (Å²) in [5.41, 5.74) is 1.51. The van der Waals surface area contributed by atoms with Crippen LogP contribution in [0.2, 0.25) is 0 Å². The van der Waals surface area contributed by atoms with E-state index in [0.29, 0.717) is 0 Å². The first-order valence-electron chi connectivity index (χ1n) is 11.5. The minimum Gasteiger partial charge on any atom is -0.494 e. The summed E-state index contributed by atoms with van der Waals surface area (Å²) in [5, 5.41) is 0. The highest BCUT2D eigenvalue weighted by molar-refractivity contribution is 5.29. The Bertz CT molecular complexity index is 668. The molecule has 2 aromatic rings. The molecule has 0 amide bonds. The molecule has 1 aromatic heterocycles. The van der Waals surface area contributed by atoms with Crippen molar-refractivity contribution in [2.45, 2.75) is 83.6 Å². The van der Waals surface area contributed by atoms with Gasteiger partial charge in [0.05, 0.1) is 20.2 Å². The van der Waals surface area contributed by atoms with Gasteiger partial charge in [0.15, 0.2) is 0 Å². The fourth-order valence-electron chi connectivity index (χ4n) is 4.52. The van der Waals surface area contributed by atoms with Crippen molar-refractivity contribution in [3.8, 4) is 5.75 Å². The molecule has 1 fully saturated rings. The standard InChI is InChI=1S/C25H39N2O/c1-3-4-5-8-22-9-11-23(12-10-22)24-13-15-25(16-14-24)28-20-7-6-17-27-19-18-26(2)21-27/h13-16,18-19,21-23H,3-12,17,20H2,1-2H3/q+1. The Morgan fingerprint density at radius 3 is 2.46 bits per heavy atom. The van der Waals surface area contributed by atoms with E-state index in [1.807, 2.05) is 0 Å². The number of hydrogen-bond donors (Lipinski definition) is 0. The van der Waals surface area contributed by atoms with Gasteiger partial charge in [-0.1, -0.05) is 44.7 Å². The average molecular weight is 384 g/mol. The molecule has 3 nitrogen and oxygen atoms in total. The predicted octanol–water partition coefficient (Wildman–Crippen LogP) is 6.03. The molecule has 1 aliphatic carbocycles. The highest BCUT2D eigenvalue weighted by Gasteiger charge is 2.21. The topological polar surface area (TPSA) is 18.0 Å². The van der Waals surface area contributed by atoms with Crippen LogP contribution in [0.5, 0.6) is 5.75 Å². The van der Waals surface area contributed by atoms with Crippen molar-refractivity contribution >= 4 is 0 Å². The van der Waals surface area contributed by atoms with E-state index in [0.717, 1.165) is 43.6 Å². The Hall–Kier alpha value is -1.77. The lowest BCUT2D eigenvalue weighted by atomic mass is 9.77. The number of benzene rings is 1. The van der Waals surface area contributed by atoms with Crippen molar-refractivity contribution < 1.29 is 9.30 Å². The lowest BCUT2D eigenvalue weighted by molar-refractivity contribution is -0.671. The Labute approximate surface area is 171 Å². The third-order valence-corrected chi connectivity index (χ3v) is 6.32. The third-order valence-electron chi connectivity index (χ3n) is 6.32. The van der Waals surface area contributed by atoms with Crippen molar-refractivity contribution in [1.82, 2.24) is 4.57 Å². The molecule has 0 saturated heterocycles. The molecule has 1 saturated carbocycles. The Morgan fingerprint density at radius 1 is 1.00 bits per heavy atom. The van der Waals surface area contributed by atoms with Crippen LogP contribution in [0.4, 0.5) is 0 Å². The van der Waals surface area contributed by atoms with E-state index in [2.05, 4.69) is 66.1 Å². The van der Waals surface area contributed by atoms with E-state index in [-0.39, 0.29) is 0 Å². The van der Waals surface area contributed by atoms with Gasteiger partial charge in [0.2, 0.25) is 6.33 Å². The zero-order valence-electron chi connectivity index (χ0n) is 18.0. The number of nitrogens with zero attached hydrogens (tertiary/aromatic N) is 2. The highest BCUT2D eigenvalue weighted by Crippen LogP contribution is 2.38. The van der Waals surface area contributed by atoms with Gasteiger partial charge in [-0.05, 0) is 68.1 Å². The molecular formula is C25H39N2O+. The van der Waals surface area contributed by atoms with E-state index in [9.17, 15) is 0 Å². The van der Waals surface area contributed by atoms with Gasteiger partial charge in [0, 0.05) is 0 Å².